The maximum absolute atomic E-state index is 12.7. The molecule has 0 bridgehead atoms. The number of hydrogen-bond acceptors (Lipinski definition) is 5. The molecule has 0 saturated carbocycles. The molecule has 0 spiro atoms. The zero-order valence-electron chi connectivity index (χ0n) is 13.7. The molecule has 0 aliphatic carbocycles. The van der Waals surface area contributed by atoms with E-state index >= 15 is 0 Å². The molecule has 6 heteroatoms. The lowest BCUT2D eigenvalue weighted by atomic mass is 10.0. The van der Waals surface area contributed by atoms with Gasteiger partial charge in [0, 0.05) is 33.0 Å². The molecule has 1 aromatic carbocycles. The molecule has 2 aromatic rings. The summed E-state index contributed by atoms with van der Waals surface area (Å²) >= 11 is 0. The van der Waals surface area contributed by atoms with E-state index in [1.807, 2.05) is 30.1 Å². The van der Waals surface area contributed by atoms with Gasteiger partial charge in [-0.05, 0) is 28.8 Å². The Kier molecular flexibility index (Phi) is 3.80. The van der Waals surface area contributed by atoms with E-state index in [1.54, 1.807) is 0 Å². The van der Waals surface area contributed by atoms with Crippen LogP contribution in [0.5, 0.6) is 5.75 Å². The molecule has 0 fully saturated rings. The molecule has 1 amide bonds. The van der Waals surface area contributed by atoms with E-state index in [1.165, 1.54) is 5.56 Å². The largest absolute Gasteiger partial charge is 0.493 e. The minimum Gasteiger partial charge on any atom is -0.493 e. The highest BCUT2D eigenvalue weighted by Crippen LogP contribution is 2.26. The summed E-state index contributed by atoms with van der Waals surface area (Å²) in [7, 11) is 1.82. The Balaban J connectivity index is 1.47. The van der Waals surface area contributed by atoms with Gasteiger partial charge in [-0.3, -0.25) is 4.79 Å². The molecular formula is C18H20N4O2. The van der Waals surface area contributed by atoms with Crippen LogP contribution < -0.4 is 10.1 Å². The van der Waals surface area contributed by atoms with Gasteiger partial charge in [0.15, 0.2) is 0 Å². The molecule has 2 aliphatic rings. The average Bonchev–Trinajstić information content (AvgIpc) is 3.08. The van der Waals surface area contributed by atoms with Crippen LogP contribution in [0.3, 0.4) is 0 Å². The molecule has 0 radical (unpaired) electrons. The van der Waals surface area contributed by atoms with Crippen molar-refractivity contribution in [2.45, 2.75) is 25.8 Å². The van der Waals surface area contributed by atoms with Crippen molar-refractivity contribution < 1.29 is 9.53 Å². The van der Waals surface area contributed by atoms with Gasteiger partial charge >= 0.3 is 0 Å². The fourth-order valence-electron chi connectivity index (χ4n) is 3.30. The lowest BCUT2D eigenvalue weighted by Gasteiger charge is -2.28. The quantitative estimate of drug-likeness (QED) is 0.928. The third-order valence-electron chi connectivity index (χ3n) is 4.66. The van der Waals surface area contributed by atoms with Gasteiger partial charge in [0.25, 0.3) is 0 Å². The van der Waals surface area contributed by atoms with Crippen LogP contribution in [-0.4, -0.2) is 41.2 Å². The van der Waals surface area contributed by atoms with Gasteiger partial charge in [-0.25, -0.2) is 0 Å². The average molecular weight is 324 g/mol. The van der Waals surface area contributed by atoms with Crippen LogP contribution in [0, 0.1) is 0 Å². The SMILES string of the molecule is CNc1cc2c(nn1)CCN(C(=O)Cc1ccc3c(c1)CCO3)C2. The Bertz CT molecular complexity index is 791. The molecule has 0 saturated heterocycles. The van der Waals surface area contributed by atoms with Crippen molar-refractivity contribution in [2.24, 2.45) is 0 Å². The molecule has 2 aliphatic heterocycles. The van der Waals surface area contributed by atoms with Gasteiger partial charge in [0.05, 0.1) is 18.7 Å². The fraction of sp³-hybridized carbons (Fsp3) is 0.389. The van der Waals surface area contributed by atoms with E-state index in [2.05, 4.69) is 21.6 Å². The third-order valence-corrected chi connectivity index (χ3v) is 4.66. The third kappa shape index (κ3) is 2.79. The molecule has 124 valence electrons. The number of nitrogens with one attached hydrogen (secondary N) is 1. The number of carbonyl (C=O) groups is 1. The number of aromatic nitrogens is 2. The number of fused-ring (bicyclic) bond motifs is 2. The van der Waals surface area contributed by atoms with Crippen LogP contribution in [0.2, 0.25) is 0 Å². The van der Waals surface area contributed by atoms with E-state index < -0.39 is 0 Å². The molecule has 24 heavy (non-hydrogen) atoms. The van der Waals surface area contributed by atoms with Gasteiger partial charge in [-0.1, -0.05) is 12.1 Å². The van der Waals surface area contributed by atoms with Gasteiger partial charge in [-0.2, -0.15) is 5.10 Å². The normalized spacial score (nSPS) is 15.5. The zero-order chi connectivity index (χ0) is 16.5. The number of rotatable bonds is 3. The molecule has 1 aromatic heterocycles. The zero-order valence-corrected chi connectivity index (χ0v) is 13.7. The molecule has 0 unspecified atom stereocenters. The first-order chi connectivity index (χ1) is 11.7. The van der Waals surface area contributed by atoms with Crippen molar-refractivity contribution >= 4 is 11.7 Å². The van der Waals surface area contributed by atoms with E-state index in [-0.39, 0.29) is 5.91 Å². The molecular weight excluding hydrogens is 304 g/mol. The van der Waals surface area contributed by atoms with E-state index in [4.69, 9.17) is 4.74 Å². The summed E-state index contributed by atoms with van der Waals surface area (Å²) in [4.78, 5) is 14.6. The van der Waals surface area contributed by atoms with Crippen molar-refractivity contribution in [3.8, 4) is 5.75 Å². The summed E-state index contributed by atoms with van der Waals surface area (Å²) < 4.78 is 5.52. The number of carbonyl (C=O) groups excluding carboxylic acids is 1. The Hall–Kier alpha value is -2.63. The smallest absolute Gasteiger partial charge is 0.227 e. The summed E-state index contributed by atoms with van der Waals surface area (Å²) in [5.41, 5.74) is 4.33. The lowest BCUT2D eigenvalue weighted by Crippen LogP contribution is -2.37. The second-order valence-electron chi connectivity index (χ2n) is 6.23. The van der Waals surface area contributed by atoms with Crippen LogP contribution in [0.25, 0.3) is 0 Å². The summed E-state index contributed by atoms with van der Waals surface area (Å²) in [6.45, 7) is 2.05. The number of benzene rings is 1. The fourth-order valence-corrected chi connectivity index (χ4v) is 3.30. The van der Waals surface area contributed by atoms with Crippen LogP contribution in [0.4, 0.5) is 5.82 Å². The minimum atomic E-state index is 0.155. The predicted molar refractivity (Wildman–Crippen MR) is 90.0 cm³/mol. The van der Waals surface area contributed by atoms with Crippen molar-refractivity contribution in [3.63, 3.8) is 0 Å². The van der Waals surface area contributed by atoms with Gasteiger partial charge in [0.1, 0.15) is 11.6 Å². The molecule has 4 rings (SSSR count). The van der Waals surface area contributed by atoms with Gasteiger partial charge < -0.3 is 15.0 Å². The molecule has 3 heterocycles. The van der Waals surface area contributed by atoms with Crippen LogP contribution in [-0.2, 0) is 30.6 Å². The highest BCUT2D eigenvalue weighted by molar-refractivity contribution is 5.79. The van der Waals surface area contributed by atoms with Crippen molar-refractivity contribution in [1.82, 2.24) is 15.1 Å². The maximum atomic E-state index is 12.7. The van der Waals surface area contributed by atoms with Gasteiger partial charge in [0.2, 0.25) is 5.91 Å². The second-order valence-corrected chi connectivity index (χ2v) is 6.23. The number of ether oxygens (including phenoxy) is 1. The first-order valence-corrected chi connectivity index (χ1v) is 8.28. The summed E-state index contributed by atoms with van der Waals surface area (Å²) in [5.74, 6) is 1.85. The van der Waals surface area contributed by atoms with E-state index in [0.29, 0.717) is 19.5 Å². The first kappa shape index (κ1) is 14.9. The maximum Gasteiger partial charge on any atom is 0.227 e. The summed E-state index contributed by atoms with van der Waals surface area (Å²) in [6, 6.07) is 8.05. The minimum absolute atomic E-state index is 0.155. The Morgan fingerprint density at radius 3 is 3.04 bits per heavy atom. The van der Waals surface area contributed by atoms with E-state index in [9.17, 15) is 4.79 Å². The van der Waals surface area contributed by atoms with Crippen molar-refractivity contribution in [1.29, 1.82) is 0 Å². The molecule has 6 nitrogen and oxygen atoms in total. The first-order valence-electron chi connectivity index (χ1n) is 8.28. The number of hydrogen-bond donors (Lipinski definition) is 1. The number of nitrogens with zero attached hydrogens (tertiary/aromatic N) is 3. The monoisotopic (exact) mass is 324 g/mol. The topological polar surface area (TPSA) is 67.4 Å². The Morgan fingerprint density at radius 2 is 2.17 bits per heavy atom. The predicted octanol–water partition coefficient (Wildman–Crippen LogP) is 1.58. The van der Waals surface area contributed by atoms with Gasteiger partial charge in [-0.15, -0.1) is 5.10 Å². The summed E-state index contributed by atoms with van der Waals surface area (Å²) in [6.07, 6.45) is 2.12. The Labute approximate surface area is 140 Å². The Morgan fingerprint density at radius 1 is 1.25 bits per heavy atom. The highest BCUT2D eigenvalue weighted by atomic mass is 16.5. The molecule has 0 atom stereocenters. The molecule has 1 N–H and O–H groups in total. The second kappa shape index (κ2) is 6.11. The standard InChI is InChI=1S/C18H20N4O2/c1-19-17-10-14-11-22(6-4-15(14)20-21-17)18(23)9-12-2-3-16-13(8-12)5-7-24-16/h2-3,8,10H,4-7,9,11H2,1H3,(H,19,21). The van der Waals surface area contributed by atoms with Crippen molar-refractivity contribution in [3.05, 3.63) is 46.6 Å². The van der Waals surface area contributed by atoms with Crippen LogP contribution in [0.15, 0.2) is 24.3 Å². The van der Waals surface area contributed by atoms with Crippen molar-refractivity contribution in [2.75, 3.05) is 25.5 Å². The van der Waals surface area contributed by atoms with Crippen LogP contribution >= 0.6 is 0 Å². The number of amides is 1. The highest BCUT2D eigenvalue weighted by Gasteiger charge is 2.23. The lowest BCUT2D eigenvalue weighted by molar-refractivity contribution is -0.131. The van der Waals surface area contributed by atoms with E-state index in [0.717, 1.165) is 47.8 Å². The number of anilines is 1. The summed E-state index contributed by atoms with van der Waals surface area (Å²) in [5, 5.41) is 11.3. The van der Waals surface area contributed by atoms with Crippen LogP contribution in [0.1, 0.15) is 22.4 Å².